The van der Waals surface area contributed by atoms with Crippen molar-refractivity contribution in [3.05, 3.63) is 52.4 Å². The second kappa shape index (κ2) is 6.89. The molecule has 0 spiro atoms. The lowest BCUT2D eigenvalue weighted by atomic mass is 10.0. The van der Waals surface area contributed by atoms with Gasteiger partial charge in [-0.2, -0.15) is 0 Å². The number of carbonyl (C=O) groups excluding carboxylic acids is 1. The van der Waals surface area contributed by atoms with Crippen LogP contribution in [0.25, 0.3) is 0 Å². The van der Waals surface area contributed by atoms with Crippen molar-refractivity contribution in [3.8, 4) is 0 Å². The molecule has 0 N–H and O–H groups in total. The minimum atomic E-state index is -0.204. The molecule has 0 aliphatic carbocycles. The summed E-state index contributed by atoms with van der Waals surface area (Å²) >= 11 is 3.31. The lowest BCUT2D eigenvalue weighted by Gasteiger charge is -2.34. The Morgan fingerprint density at radius 3 is 2.87 bits per heavy atom. The Balaban J connectivity index is 1.72. The van der Waals surface area contributed by atoms with Crippen LogP contribution >= 0.6 is 15.9 Å². The van der Waals surface area contributed by atoms with E-state index in [-0.39, 0.29) is 11.9 Å². The normalized spacial score (nSPS) is 15.6. The highest BCUT2D eigenvalue weighted by molar-refractivity contribution is 9.10. The monoisotopic (exact) mass is 376 g/mol. The molecule has 0 saturated heterocycles. The largest absolute Gasteiger partial charge is 0.453 e. The molecule has 2 aromatic rings. The second-order valence-electron chi connectivity index (χ2n) is 6.02. The number of hydrogen-bond donors (Lipinski definition) is 0. The number of amides is 1. The van der Waals surface area contributed by atoms with E-state index in [0.29, 0.717) is 11.2 Å². The Labute approximate surface area is 145 Å². The molecular formula is C18H21BrN2O2. The minimum absolute atomic E-state index is 0.144. The van der Waals surface area contributed by atoms with Gasteiger partial charge in [-0.3, -0.25) is 9.69 Å². The van der Waals surface area contributed by atoms with Gasteiger partial charge in [-0.1, -0.05) is 18.2 Å². The topological polar surface area (TPSA) is 36.7 Å². The van der Waals surface area contributed by atoms with Crippen molar-refractivity contribution in [3.63, 3.8) is 0 Å². The fourth-order valence-electron chi connectivity index (χ4n) is 3.00. The number of benzene rings is 1. The fourth-order valence-corrected chi connectivity index (χ4v) is 3.34. The van der Waals surface area contributed by atoms with E-state index in [1.807, 2.05) is 54.1 Å². The molecule has 1 aromatic carbocycles. The molecule has 4 nitrogen and oxygen atoms in total. The maximum absolute atomic E-state index is 12.9. The predicted molar refractivity (Wildman–Crippen MR) is 94.5 cm³/mol. The van der Waals surface area contributed by atoms with Crippen LogP contribution in [0.1, 0.15) is 24.7 Å². The quantitative estimate of drug-likeness (QED) is 0.813. The zero-order valence-corrected chi connectivity index (χ0v) is 15.0. The highest BCUT2D eigenvalue weighted by Crippen LogP contribution is 2.28. The zero-order chi connectivity index (χ0) is 16.4. The summed E-state index contributed by atoms with van der Waals surface area (Å²) in [6.45, 7) is 3.35. The molecular weight excluding hydrogens is 356 g/mol. The van der Waals surface area contributed by atoms with Crippen molar-refractivity contribution in [2.45, 2.75) is 32.4 Å². The van der Waals surface area contributed by atoms with Crippen molar-refractivity contribution in [1.82, 2.24) is 4.90 Å². The SMILES string of the molecule is CC(C(=O)N1CCCc2ccccc21)N(C)Cc1ccc(Br)o1. The van der Waals surface area contributed by atoms with Crippen LogP contribution in [0.15, 0.2) is 45.5 Å². The lowest BCUT2D eigenvalue weighted by molar-refractivity contribution is -0.123. The second-order valence-corrected chi connectivity index (χ2v) is 6.80. The van der Waals surface area contributed by atoms with E-state index in [1.165, 1.54) is 5.56 Å². The number of nitrogens with zero attached hydrogens (tertiary/aromatic N) is 2. The first-order valence-corrected chi connectivity index (χ1v) is 8.69. The van der Waals surface area contributed by atoms with E-state index in [4.69, 9.17) is 4.42 Å². The minimum Gasteiger partial charge on any atom is -0.453 e. The van der Waals surface area contributed by atoms with E-state index in [2.05, 4.69) is 22.0 Å². The fraction of sp³-hybridized carbons (Fsp3) is 0.389. The van der Waals surface area contributed by atoms with E-state index in [0.717, 1.165) is 30.8 Å². The van der Waals surface area contributed by atoms with Crippen molar-refractivity contribution in [2.75, 3.05) is 18.5 Å². The van der Waals surface area contributed by atoms with Crippen molar-refractivity contribution >= 4 is 27.5 Å². The summed E-state index contributed by atoms with van der Waals surface area (Å²) in [6.07, 6.45) is 2.06. The van der Waals surface area contributed by atoms with Gasteiger partial charge in [0, 0.05) is 12.2 Å². The van der Waals surface area contributed by atoms with Crippen LogP contribution in [0.4, 0.5) is 5.69 Å². The molecule has 1 aliphatic rings. The third-order valence-corrected chi connectivity index (χ3v) is 4.86. The summed E-state index contributed by atoms with van der Waals surface area (Å²) in [5.74, 6) is 0.989. The standard InChI is InChI=1S/C18H21BrN2O2/c1-13(20(2)12-15-9-10-17(19)23-15)18(22)21-11-5-7-14-6-3-4-8-16(14)21/h3-4,6,8-10,13H,5,7,11-12H2,1-2H3. The molecule has 1 amide bonds. The Kier molecular flexibility index (Phi) is 4.87. The molecule has 1 aliphatic heterocycles. The third-order valence-electron chi connectivity index (χ3n) is 4.43. The van der Waals surface area contributed by atoms with Crippen LogP contribution < -0.4 is 4.90 Å². The number of halogens is 1. The van der Waals surface area contributed by atoms with Crippen molar-refractivity contribution < 1.29 is 9.21 Å². The predicted octanol–water partition coefficient (Wildman–Crippen LogP) is 3.84. The number of anilines is 1. The number of aryl methyl sites for hydroxylation is 1. The van der Waals surface area contributed by atoms with Crippen LogP contribution in [0, 0.1) is 0 Å². The number of likely N-dealkylation sites (N-methyl/N-ethyl adjacent to an activating group) is 1. The van der Waals surface area contributed by atoms with Gasteiger partial charge < -0.3 is 9.32 Å². The van der Waals surface area contributed by atoms with Crippen molar-refractivity contribution in [2.24, 2.45) is 0 Å². The Hall–Kier alpha value is -1.59. The van der Waals surface area contributed by atoms with Gasteiger partial charge in [-0.05, 0) is 66.5 Å². The maximum Gasteiger partial charge on any atom is 0.244 e. The molecule has 2 heterocycles. The first-order chi connectivity index (χ1) is 11.1. The van der Waals surface area contributed by atoms with Gasteiger partial charge >= 0.3 is 0 Å². The summed E-state index contributed by atoms with van der Waals surface area (Å²) in [6, 6.07) is 11.8. The van der Waals surface area contributed by atoms with Gasteiger partial charge in [-0.15, -0.1) is 0 Å². The van der Waals surface area contributed by atoms with Crippen LogP contribution in [-0.4, -0.2) is 30.4 Å². The summed E-state index contributed by atoms with van der Waals surface area (Å²) in [7, 11) is 1.95. The Morgan fingerprint density at radius 1 is 1.35 bits per heavy atom. The Morgan fingerprint density at radius 2 is 2.13 bits per heavy atom. The van der Waals surface area contributed by atoms with Crippen LogP contribution in [0.3, 0.4) is 0 Å². The summed E-state index contributed by atoms with van der Waals surface area (Å²) < 4.78 is 6.25. The smallest absolute Gasteiger partial charge is 0.244 e. The third kappa shape index (κ3) is 3.51. The van der Waals surface area contributed by atoms with Gasteiger partial charge in [0.25, 0.3) is 0 Å². The molecule has 122 valence electrons. The van der Waals surface area contributed by atoms with Crippen molar-refractivity contribution in [1.29, 1.82) is 0 Å². The first kappa shape index (κ1) is 16.3. The average molecular weight is 377 g/mol. The highest BCUT2D eigenvalue weighted by atomic mass is 79.9. The number of rotatable bonds is 4. The molecule has 0 radical (unpaired) electrons. The van der Waals surface area contributed by atoms with Gasteiger partial charge in [0.15, 0.2) is 4.67 Å². The molecule has 1 unspecified atom stereocenters. The highest BCUT2D eigenvalue weighted by Gasteiger charge is 2.28. The summed E-state index contributed by atoms with van der Waals surface area (Å²) in [5, 5.41) is 0. The average Bonchev–Trinajstić information content (AvgIpc) is 2.97. The Bertz CT molecular complexity index is 698. The number of para-hydroxylation sites is 1. The van der Waals surface area contributed by atoms with Crippen LogP contribution in [0.5, 0.6) is 0 Å². The lowest BCUT2D eigenvalue weighted by Crippen LogP contribution is -2.47. The maximum atomic E-state index is 12.9. The molecule has 5 heteroatoms. The van der Waals surface area contributed by atoms with E-state index in [1.54, 1.807) is 0 Å². The number of hydrogen-bond acceptors (Lipinski definition) is 3. The van der Waals surface area contributed by atoms with Crippen LogP contribution in [0.2, 0.25) is 0 Å². The number of fused-ring (bicyclic) bond motifs is 1. The number of furan rings is 1. The zero-order valence-electron chi connectivity index (χ0n) is 13.5. The molecule has 3 rings (SSSR count). The summed E-state index contributed by atoms with van der Waals surface area (Å²) in [5.41, 5.74) is 2.32. The first-order valence-electron chi connectivity index (χ1n) is 7.90. The van der Waals surface area contributed by atoms with E-state index < -0.39 is 0 Å². The number of carbonyl (C=O) groups is 1. The van der Waals surface area contributed by atoms with Gasteiger partial charge in [0.2, 0.25) is 5.91 Å². The molecule has 0 fully saturated rings. The molecule has 1 atom stereocenters. The molecule has 0 saturated carbocycles. The van der Waals surface area contributed by atoms with Crippen LogP contribution in [-0.2, 0) is 17.8 Å². The van der Waals surface area contributed by atoms with E-state index in [9.17, 15) is 4.79 Å². The molecule has 1 aromatic heterocycles. The van der Waals surface area contributed by atoms with Gasteiger partial charge in [0.1, 0.15) is 5.76 Å². The molecule has 0 bridgehead atoms. The van der Waals surface area contributed by atoms with E-state index >= 15 is 0 Å². The van der Waals surface area contributed by atoms with Gasteiger partial charge in [0.05, 0.1) is 12.6 Å². The summed E-state index contributed by atoms with van der Waals surface area (Å²) in [4.78, 5) is 16.9. The molecule has 23 heavy (non-hydrogen) atoms. The van der Waals surface area contributed by atoms with Gasteiger partial charge in [-0.25, -0.2) is 0 Å².